The van der Waals surface area contributed by atoms with Crippen molar-refractivity contribution in [2.24, 2.45) is 0 Å². The lowest BCUT2D eigenvalue weighted by atomic mass is 9.91. The normalized spacial score (nSPS) is 15.6. The zero-order valence-electron chi connectivity index (χ0n) is 13.2. The molecule has 128 valence electrons. The van der Waals surface area contributed by atoms with Crippen molar-refractivity contribution in [2.45, 2.75) is 18.8 Å². The Kier molecular flexibility index (Phi) is 3.79. The predicted molar refractivity (Wildman–Crippen MR) is 87.1 cm³/mol. The molecule has 3 heterocycles. The minimum atomic E-state index is -1.09. The van der Waals surface area contributed by atoms with Gasteiger partial charge in [-0.3, -0.25) is 0 Å². The molecular formula is C17H15FN4O3. The third-order valence-corrected chi connectivity index (χ3v) is 4.52. The Labute approximate surface area is 142 Å². The number of nitrogens with zero attached hydrogens (tertiary/aromatic N) is 4. The highest BCUT2D eigenvalue weighted by Crippen LogP contribution is 2.33. The molecule has 1 N–H and O–H groups in total. The van der Waals surface area contributed by atoms with E-state index in [0.717, 1.165) is 37.0 Å². The molecule has 4 rings (SSSR count). The number of anilines is 1. The van der Waals surface area contributed by atoms with E-state index in [4.69, 9.17) is 9.63 Å². The van der Waals surface area contributed by atoms with Gasteiger partial charge in [0.25, 0.3) is 0 Å². The fraction of sp³-hybridized carbons (Fsp3) is 0.294. The van der Waals surface area contributed by atoms with Crippen molar-refractivity contribution >= 4 is 22.8 Å². The van der Waals surface area contributed by atoms with E-state index in [1.807, 2.05) is 0 Å². The van der Waals surface area contributed by atoms with E-state index in [1.165, 1.54) is 24.5 Å². The zero-order valence-corrected chi connectivity index (χ0v) is 13.2. The van der Waals surface area contributed by atoms with Gasteiger partial charge in [0.1, 0.15) is 11.6 Å². The van der Waals surface area contributed by atoms with Gasteiger partial charge in [-0.05, 0) is 25.0 Å². The monoisotopic (exact) mass is 342 g/mol. The molecule has 0 bridgehead atoms. The summed E-state index contributed by atoms with van der Waals surface area (Å²) in [7, 11) is 0. The van der Waals surface area contributed by atoms with Crippen molar-refractivity contribution in [1.29, 1.82) is 0 Å². The number of piperidine rings is 1. The van der Waals surface area contributed by atoms with Crippen LogP contribution in [0.5, 0.6) is 0 Å². The lowest BCUT2D eigenvalue weighted by molar-refractivity contribution is 0.0690. The van der Waals surface area contributed by atoms with Crippen LogP contribution in [0.25, 0.3) is 11.0 Å². The van der Waals surface area contributed by atoms with Gasteiger partial charge in [0.05, 0.1) is 18.1 Å². The largest absolute Gasteiger partial charge is 0.476 e. The first-order valence-corrected chi connectivity index (χ1v) is 7.97. The minimum absolute atomic E-state index is 0.0695. The van der Waals surface area contributed by atoms with Crippen molar-refractivity contribution in [3.8, 4) is 0 Å². The maximum absolute atomic E-state index is 13.3. The van der Waals surface area contributed by atoms with E-state index in [9.17, 15) is 9.18 Å². The number of rotatable bonds is 3. The lowest BCUT2D eigenvalue weighted by Gasteiger charge is -2.31. The number of carboxylic acids is 1. The van der Waals surface area contributed by atoms with Crippen LogP contribution >= 0.6 is 0 Å². The molecule has 0 radical (unpaired) electrons. The number of hydrogen-bond acceptors (Lipinski definition) is 6. The summed E-state index contributed by atoms with van der Waals surface area (Å²) in [5.41, 5.74) is 1.26. The van der Waals surface area contributed by atoms with E-state index < -0.39 is 5.97 Å². The third-order valence-electron chi connectivity index (χ3n) is 4.52. The quantitative estimate of drug-likeness (QED) is 0.782. The van der Waals surface area contributed by atoms with Crippen LogP contribution in [0.1, 0.15) is 34.9 Å². The number of halogens is 1. The molecular weight excluding hydrogens is 327 g/mol. The number of carbonyl (C=O) groups is 1. The molecule has 25 heavy (non-hydrogen) atoms. The van der Waals surface area contributed by atoms with Crippen LogP contribution < -0.4 is 4.90 Å². The third kappa shape index (κ3) is 2.90. The van der Waals surface area contributed by atoms with E-state index in [2.05, 4.69) is 20.0 Å². The van der Waals surface area contributed by atoms with Gasteiger partial charge in [0.2, 0.25) is 0 Å². The maximum atomic E-state index is 13.3. The summed E-state index contributed by atoms with van der Waals surface area (Å²) < 4.78 is 18.5. The molecule has 0 amide bonds. The molecule has 0 aliphatic carbocycles. The molecule has 1 aromatic carbocycles. The Bertz CT molecular complexity index is 917. The lowest BCUT2D eigenvalue weighted by Crippen LogP contribution is -2.33. The highest BCUT2D eigenvalue weighted by Gasteiger charge is 2.26. The first kappa shape index (κ1) is 15.5. The summed E-state index contributed by atoms with van der Waals surface area (Å²) in [6, 6.07) is 4.47. The summed E-state index contributed by atoms with van der Waals surface area (Å²) in [5.74, 6) is -0.537. The van der Waals surface area contributed by atoms with Gasteiger partial charge in [-0.1, -0.05) is 5.16 Å². The molecule has 7 nitrogen and oxygen atoms in total. The maximum Gasteiger partial charge on any atom is 0.356 e. The van der Waals surface area contributed by atoms with Crippen LogP contribution in [-0.4, -0.2) is 39.3 Å². The number of carboxylic acid groups (broad SMARTS) is 1. The van der Waals surface area contributed by atoms with Gasteiger partial charge in [-0.25, -0.2) is 19.2 Å². The molecule has 0 atom stereocenters. The Morgan fingerprint density at radius 1 is 1.24 bits per heavy atom. The fourth-order valence-electron chi connectivity index (χ4n) is 3.20. The highest BCUT2D eigenvalue weighted by molar-refractivity contribution is 5.85. The highest BCUT2D eigenvalue weighted by atomic mass is 19.1. The molecule has 1 aliphatic heterocycles. The standard InChI is InChI=1S/C17H15FN4O3/c18-11-1-2-12-14(7-11)25-21-16(12)10-3-5-22(6-4-10)15-9-19-13(8-20-15)17(23)24/h1-2,7-10H,3-6H2,(H,23,24). The Balaban J connectivity index is 1.48. The van der Waals surface area contributed by atoms with Gasteiger partial charge in [0.15, 0.2) is 11.3 Å². The first-order valence-electron chi connectivity index (χ1n) is 7.97. The molecule has 0 unspecified atom stereocenters. The smallest absolute Gasteiger partial charge is 0.356 e. The Morgan fingerprint density at radius 3 is 2.72 bits per heavy atom. The zero-order chi connectivity index (χ0) is 17.4. The van der Waals surface area contributed by atoms with Gasteiger partial charge in [0, 0.05) is 30.5 Å². The predicted octanol–water partition coefficient (Wildman–Crippen LogP) is 2.84. The van der Waals surface area contributed by atoms with Crippen molar-refractivity contribution in [3.05, 3.63) is 47.8 Å². The Hall–Kier alpha value is -3.03. The minimum Gasteiger partial charge on any atom is -0.476 e. The Morgan fingerprint density at radius 2 is 2.04 bits per heavy atom. The molecule has 3 aromatic rings. The van der Waals surface area contributed by atoms with Crippen LogP contribution in [0, 0.1) is 5.82 Å². The summed E-state index contributed by atoms with van der Waals surface area (Å²) in [6.07, 6.45) is 4.45. The van der Waals surface area contributed by atoms with Crippen molar-refractivity contribution < 1.29 is 18.8 Å². The number of aromatic carboxylic acids is 1. The van der Waals surface area contributed by atoms with Crippen LogP contribution in [0.15, 0.2) is 35.1 Å². The average molecular weight is 342 g/mol. The molecule has 0 saturated carbocycles. The van der Waals surface area contributed by atoms with E-state index in [1.54, 1.807) is 6.07 Å². The van der Waals surface area contributed by atoms with Gasteiger partial charge < -0.3 is 14.5 Å². The van der Waals surface area contributed by atoms with Gasteiger partial charge in [-0.15, -0.1) is 0 Å². The molecule has 2 aromatic heterocycles. The van der Waals surface area contributed by atoms with Crippen molar-refractivity contribution in [3.63, 3.8) is 0 Å². The summed E-state index contributed by atoms with van der Waals surface area (Å²) >= 11 is 0. The van der Waals surface area contributed by atoms with Crippen LogP contribution in [0.2, 0.25) is 0 Å². The molecule has 1 aliphatic rings. The van der Waals surface area contributed by atoms with Crippen LogP contribution in [0.3, 0.4) is 0 Å². The molecule has 1 fully saturated rings. The van der Waals surface area contributed by atoms with Crippen molar-refractivity contribution in [2.75, 3.05) is 18.0 Å². The molecule has 0 spiro atoms. The van der Waals surface area contributed by atoms with Crippen LogP contribution in [-0.2, 0) is 0 Å². The van der Waals surface area contributed by atoms with E-state index in [-0.39, 0.29) is 17.4 Å². The second kappa shape index (κ2) is 6.12. The number of hydrogen-bond donors (Lipinski definition) is 1. The van der Waals surface area contributed by atoms with Gasteiger partial charge >= 0.3 is 5.97 Å². The topological polar surface area (TPSA) is 92.3 Å². The van der Waals surface area contributed by atoms with Gasteiger partial charge in [-0.2, -0.15) is 0 Å². The number of aromatic nitrogens is 3. The average Bonchev–Trinajstić information content (AvgIpc) is 3.05. The van der Waals surface area contributed by atoms with E-state index >= 15 is 0 Å². The summed E-state index contributed by atoms with van der Waals surface area (Å²) in [4.78, 5) is 21.0. The van der Waals surface area contributed by atoms with E-state index in [0.29, 0.717) is 11.4 Å². The SMILES string of the molecule is O=C(O)c1cnc(N2CCC(c3noc4cc(F)ccc34)CC2)cn1. The number of fused-ring (bicyclic) bond motifs is 1. The fourth-order valence-corrected chi connectivity index (χ4v) is 3.20. The second-order valence-electron chi connectivity index (χ2n) is 6.03. The second-order valence-corrected chi connectivity index (χ2v) is 6.03. The first-order chi connectivity index (χ1) is 12.1. The van der Waals surface area contributed by atoms with Crippen LogP contribution in [0.4, 0.5) is 10.2 Å². The van der Waals surface area contributed by atoms with Crippen molar-refractivity contribution in [1.82, 2.24) is 15.1 Å². The number of benzene rings is 1. The molecule has 8 heteroatoms. The summed E-state index contributed by atoms with van der Waals surface area (Å²) in [5, 5.41) is 13.9. The molecule has 1 saturated heterocycles. The summed E-state index contributed by atoms with van der Waals surface area (Å²) in [6.45, 7) is 1.50.